The van der Waals surface area contributed by atoms with Crippen LogP contribution < -0.4 is 10.1 Å². The van der Waals surface area contributed by atoms with E-state index in [1.165, 1.54) is 12.7 Å². The van der Waals surface area contributed by atoms with Gasteiger partial charge in [-0.2, -0.15) is 0 Å². The maximum absolute atomic E-state index is 12.6. The van der Waals surface area contributed by atoms with E-state index in [2.05, 4.69) is 30.2 Å². The zero-order valence-electron chi connectivity index (χ0n) is 17.8. The van der Waals surface area contributed by atoms with Gasteiger partial charge in [-0.1, -0.05) is 19.9 Å². The number of carbonyl (C=O) groups excluding carboxylic acids is 1. The first-order valence-corrected chi connectivity index (χ1v) is 9.93. The lowest BCUT2D eigenvalue weighted by atomic mass is 9.77. The number of hydrogen-bond donors (Lipinski definition) is 2. The van der Waals surface area contributed by atoms with E-state index in [1.54, 1.807) is 20.2 Å². The molecular weight excluding hydrogens is 368 g/mol. The lowest BCUT2D eigenvalue weighted by Crippen LogP contribution is -2.41. The summed E-state index contributed by atoms with van der Waals surface area (Å²) in [4.78, 5) is 17.2. The van der Waals surface area contributed by atoms with Gasteiger partial charge in [0.25, 0.3) is 5.91 Å². The van der Waals surface area contributed by atoms with Crippen LogP contribution in [0.5, 0.6) is 5.75 Å². The maximum Gasteiger partial charge on any atom is 0.253 e. The number of rotatable bonds is 6. The summed E-state index contributed by atoms with van der Waals surface area (Å²) >= 11 is 0. The average molecular weight is 399 g/mol. The van der Waals surface area contributed by atoms with E-state index in [1.807, 2.05) is 18.2 Å². The van der Waals surface area contributed by atoms with E-state index in [4.69, 9.17) is 9.47 Å². The Balaban J connectivity index is 1.97. The molecule has 1 amide bonds. The number of ether oxygens (including phenoxy) is 2. The normalized spacial score (nSPS) is 18.1. The third-order valence-electron chi connectivity index (χ3n) is 5.60. The summed E-state index contributed by atoms with van der Waals surface area (Å²) in [5, 5.41) is 13.3. The van der Waals surface area contributed by atoms with Crippen molar-refractivity contribution in [3.05, 3.63) is 41.6 Å². The fourth-order valence-corrected chi connectivity index (χ4v) is 3.60. The van der Waals surface area contributed by atoms with Crippen molar-refractivity contribution in [2.24, 2.45) is 5.41 Å². The summed E-state index contributed by atoms with van der Waals surface area (Å²) in [6.45, 7) is 6.25. The van der Waals surface area contributed by atoms with Crippen LogP contribution in [0.25, 0.3) is 16.5 Å². The molecule has 0 aliphatic heterocycles. The molecule has 2 aromatic rings. The Hall–Kier alpha value is -2.44. The van der Waals surface area contributed by atoms with E-state index in [-0.39, 0.29) is 5.91 Å². The van der Waals surface area contributed by atoms with Gasteiger partial charge in [-0.05, 0) is 55.4 Å². The Bertz CT molecular complexity index is 936. The van der Waals surface area contributed by atoms with Gasteiger partial charge in [-0.3, -0.25) is 9.78 Å². The molecule has 6 heteroatoms. The predicted octanol–water partition coefficient (Wildman–Crippen LogP) is 3.92. The lowest BCUT2D eigenvalue weighted by Gasteiger charge is -2.29. The van der Waals surface area contributed by atoms with Crippen LogP contribution in [-0.4, -0.2) is 42.5 Å². The molecule has 0 unspecified atom stereocenters. The van der Waals surface area contributed by atoms with Crippen LogP contribution in [0.4, 0.5) is 0 Å². The Morgan fingerprint density at radius 3 is 2.66 bits per heavy atom. The minimum Gasteiger partial charge on any atom is -0.497 e. The number of nitrogens with zero attached hydrogens (tertiary/aromatic N) is 1. The number of aliphatic hydroxyl groups is 1. The van der Waals surface area contributed by atoms with Gasteiger partial charge >= 0.3 is 0 Å². The predicted molar refractivity (Wildman–Crippen MR) is 114 cm³/mol. The van der Waals surface area contributed by atoms with Gasteiger partial charge in [0.15, 0.2) is 6.29 Å². The van der Waals surface area contributed by atoms with Gasteiger partial charge in [-0.25, -0.2) is 0 Å². The first-order valence-electron chi connectivity index (χ1n) is 9.93. The van der Waals surface area contributed by atoms with Crippen molar-refractivity contribution < 1.29 is 19.4 Å². The molecule has 29 heavy (non-hydrogen) atoms. The minimum atomic E-state index is -1.07. The van der Waals surface area contributed by atoms with E-state index in [0.717, 1.165) is 41.5 Å². The van der Waals surface area contributed by atoms with Crippen molar-refractivity contribution >= 4 is 22.4 Å². The standard InChI is InChI=1S/C23H30N2O4/c1-14(22(27)29-5)25-21(26)17-10-16-11-18(28-4)12-19(20(16)24-13-17)15-6-8-23(2,3)9-7-15/h6,10-14,22,27H,7-9H2,1-5H3,(H,25,26)/t14-,22-/m0/s1. The zero-order chi connectivity index (χ0) is 21.2. The molecule has 0 bridgehead atoms. The summed E-state index contributed by atoms with van der Waals surface area (Å²) < 4.78 is 10.3. The molecule has 1 aromatic heterocycles. The third-order valence-corrected chi connectivity index (χ3v) is 5.60. The lowest BCUT2D eigenvalue weighted by molar-refractivity contribution is -0.0911. The molecule has 1 heterocycles. The maximum atomic E-state index is 12.6. The highest BCUT2D eigenvalue weighted by Gasteiger charge is 2.24. The second-order valence-electron chi connectivity index (χ2n) is 8.46. The van der Waals surface area contributed by atoms with Crippen molar-refractivity contribution in [2.45, 2.75) is 52.4 Å². The molecule has 0 radical (unpaired) electrons. The van der Waals surface area contributed by atoms with Crippen LogP contribution in [0.1, 0.15) is 56.0 Å². The molecule has 1 aliphatic carbocycles. The topological polar surface area (TPSA) is 80.7 Å². The second-order valence-corrected chi connectivity index (χ2v) is 8.46. The SMILES string of the molecule is COc1cc(C2=CCC(C)(C)CC2)c2ncc(C(=O)N[C@@H](C)[C@@H](O)OC)cc2c1. The van der Waals surface area contributed by atoms with E-state index in [9.17, 15) is 9.90 Å². The zero-order valence-corrected chi connectivity index (χ0v) is 17.8. The molecule has 2 N–H and O–H groups in total. The minimum absolute atomic E-state index is 0.314. The molecular formula is C23H30N2O4. The fraction of sp³-hybridized carbons (Fsp3) is 0.478. The molecule has 0 spiro atoms. The van der Waals surface area contributed by atoms with Crippen LogP contribution in [0.15, 0.2) is 30.5 Å². The number of pyridine rings is 1. The Labute approximate surface area is 171 Å². The van der Waals surface area contributed by atoms with E-state index in [0.29, 0.717) is 11.0 Å². The smallest absolute Gasteiger partial charge is 0.253 e. The number of fused-ring (bicyclic) bond motifs is 1. The van der Waals surface area contributed by atoms with Gasteiger partial charge in [0, 0.05) is 24.3 Å². The number of carbonyl (C=O) groups is 1. The molecule has 1 aliphatic rings. The van der Waals surface area contributed by atoms with Crippen LogP contribution in [0.3, 0.4) is 0 Å². The fourth-order valence-electron chi connectivity index (χ4n) is 3.60. The van der Waals surface area contributed by atoms with Gasteiger partial charge in [0.05, 0.1) is 24.2 Å². The third kappa shape index (κ3) is 4.77. The Morgan fingerprint density at radius 2 is 2.03 bits per heavy atom. The van der Waals surface area contributed by atoms with Crippen LogP contribution in [0, 0.1) is 5.41 Å². The number of amides is 1. The van der Waals surface area contributed by atoms with Crippen molar-refractivity contribution in [1.29, 1.82) is 0 Å². The molecule has 0 fully saturated rings. The van der Waals surface area contributed by atoms with Gasteiger partial charge < -0.3 is 19.9 Å². The molecule has 0 saturated carbocycles. The number of hydrogen-bond acceptors (Lipinski definition) is 5. The summed E-state index contributed by atoms with van der Waals surface area (Å²) in [5.41, 5.74) is 3.93. The molecule has 156 valence electrons. The first-order chi connectivity index (χ1) is 13.7. The Kier molecular flexibility index (Phi) is 6.24. The van der Waals surface area contributed by atoms with Crippen molar-refractivity contribution in [3.63, 3.8) is 0 Å². The van der Waals surface area contributed by atoms with Crippen LogP contribution >= 0.6 is 0 Å². The summed E-state index contributed by atoms with van der Waals surface area (Å²) in [6, 6.07) is 5.18. The van der Waals surface area contributed by atoms with E-state index < -0.39 is 12.3 Å². The molecule has 2 atom stereocenters. The summed E-state index contributed by atoms with van der Waals surface area (Å²) in [5.74, 6) is 0.423. The number of aromatic nitrogens is 1. The number of benzene rings is 1. The molecule has 1 aromatic carbocycles. The number of aliphatic hydroxyl groups excluding tert-OH is 1. The molecule has 3 rings (SSSR count). The second kappa shape index (κ2) is 8.51. The number of nitrogens with one attached hydrogen (secondary N) is 1. The number of methoxy groups -OCH3 is 2. The molecule has 0 saturated heterocycles. The van der Waals surface area contributed by atoms with Gasteiger partial charge in [0.1, 0.15) is 5.75 Å². The Morgan fingerprint density at radius 1 is 1.28 bits per heavy atom. The van der Waals surface area contributed by atoms with Gasteiger partial charge in [0.2, 0.25) is 0 Å². The largest absolute Gasteiger partial charge is 0.497 e. The summed E-state index contributed by atoms with van der Waals surface area (Å²) in [6.07, 6.45) is 5.95. The highest BCUT2D eigenvalue weighted by atomic mass is 16.6. The van der Waals surface area contributed by atoms with Crippen molar-refractivity contribution in [3.8, 4) is 5.75 Å². The van der Waals surface area contributed by atoms with Gasteiger partial charge in [-0.15, -0.1) is 0 Å². The van der Waals surface area contributed by atoms with E-state index >= 15 is 0 Å². The summed E-state index contributed by atoms with van der Waals surface area (Å²) in [7, 11) is 3.03. The quantitative estimate of drug-likeness (QED) is 0.721. The molecule has 6 nitrogen and oxygen atoms in total. The van der Waals surface area contributed by atoms with Crippen LogP contribution in [-0.2, 0) is 4.74 Å². The average Bonchev–Trinajstić information content (AvgIpc) is 2.71. The van der Waals surface area contributed by atoms with Crippen molar-refractivity contribution in [1.82, 2.24) is 10.3 Å². The highest BCUT2D eigenvalue weighted by molar-refractivity contribution is 6.00. The first kappa shape index (κ1) is 21.3. The highest BCUT2D eigenvalue weighted by Crippen LogP contribution is 2.40. The monoisotopic (exact) mass is 398 g/mol. The van der Waals surface area contributed by atoms with Crippen LogP contribution in [0.2, 0.25) is 0 Å². The van der Waals surface area contributed by atoms with Crippen molar-refractivity contribution in [2.75, 3.05) is 14.2 Å². The number of allylic oxidation sites excluding steroid dienone is 2.